The smallest absolute Gasteiger partial charge is 0.206 e. The summed E-state index contributed by atoms with van der Waals surface area (Å²) in [6, 6.07) is 6.68. The number of thiophene rings is 1. The molecule has 2 rings (SSSR count). The topological polar surface area (TPSA) is 37.4 Å². The van der Waals surface area contributed by atoms with E-state index < -0.39 is 10.0 Å². The van der Waals surface area contributed by atoms with Gasteiger partial charge in [0.2, 0.25) is 0 Å². The third-order valence-corrected chi connectivity index (χ3v) is 7.65. The lowest BCUT2D eigenvalue weighted by Crippen LogP contribution is -2.25. The molecule has 0 aliphatic rings. The van der Waals surface area contributed by atoms with Crippen molar-refractivity contribution >= 4 is 60.5 Å². The fourth-order valence-corrected chi connectivity index (χ4v) is 5.92. The third-order valence-electron chi connectivity index (χ3n) is 2.83. The van der Waals surface area contributed by atoms with Crippen molar-refractivity contribution in [2.24, 2.45) is 0 Å². The van der Waals surface area contributed by atoms with Crippen molar-refractivity contribution in [1.82, 2.24) is 4.31 Å². The number of nitrogens with zero attached hydrogens (tertiary/aromatic N) is 1. The lowest BCUT2D eigenvalue weighted by atomic mass is 10.2. The molecule has 0 amide bonds. The molecule has 0 bridgehead atoms. The summed E-state index contributed by atoms with van der Waals surface area (Å²) in [5, 5.41) is 0.969. The van der Waals surface area contributed by atoms with Gasteiger partial charge >= 0.3 is 0 Å². The van der Waals surface area contributed by atoms with E-state index in [1.165, 1.54) is 22.7 Å². The van der Waals surface area contributed by atoms with E-state index in [1.54, 1.807) is 24.3 Å². The van der Waals surface area contributed by atoms with E-state index in [4.69, 9.17) is 23.2 Å². The summed E-state index contributed by atoms with van der Waals surface area (Å²) in [6.45, 7) is 2.06. The first-order valence-corrected chi connectivity index (χ1v) is 9.68. The van der Waals surface area contributed by atoms with Gasteiger partial charge in [0.15, 0.2) is 0 Å². The van der Waals surface area contributed by atoms with E-state index in [9.17, 15) is 8.42 Å². The summed E-state index contributed by atoms with van der Waals surface area (Å²) >= 11 is 16.4. The summed E-state index contributed by atoms with van der Waals surface area (Å²) in [5.74, 6) is 0. The van der Waals surface area contributed by atoms with E-state index in [-0.39, 0.29) is 6.54 Å². The fourth-order valence-electron chi connectivity index (χ4n) is 1.76. The molecule has 1 aromatic carbocycles. The standard InChI is InChI=1S/C13H12BrCl2NO2S2/c1-8-3-12(20-13(8)14)21(18,19)17(2)7-9-4-10(15)6-11(16)5-9/h3-6H,7H2,1-2H3. The van der Waals surface area contributed by atoms with Crippen LogP contribution in [-0.2, 0) is 16.6 Å². The van der Waals surface area contributed by atoms with Gasteiger partial charge in [0.1, 0.15) is 4.21 Å². The van der Waals surface area contributed by atoms with Gasteiger partial charge in [0.05, 0.1) is 3.79 Å². The lowest BCUT2D eigenvalue weighted by Gasteiger charge is -2.16. The molecular formula is C13H12BrCl2NO2S2. The zero-order valence-corrected chi connectivity index (χ0v) is 16.0. The van der Waals surface area contributed by atoms with Crippen molar-refractivity contribution in [3.63, 3.8) is 0 Å². The summed E-state index contributed by atoms with van der Waals surface area (Å²) in [5.41, 5.74) is 1.64. The molecule has 0 aliphatic carbocycles. The predicted octanol–water partition coefficient (Wildman–Crippen LogP) is 4.95. The van der Waals surface area contributed by atoms with Crippen LogP contribution in [-0.4, -0.2) is 19.8 Å². The van der Waals surface area contributed by atoms with Crippen LogP contribution in [0.3, 0.4) is 0 Å². The van der Waals surface area contributed by atoms with E-state index in [0.29, 0.717) is 14.3 Å². The molecule has 0 unspecified atom stereocenters. The van der Waals surface area contributed by atoms with E-state index in [0.717, 1.165) is 14.9 Å². The maximum Gasteiger partial charge on any atom is 0.252 e. The van der Waals surface area contributed by atoms with Gasteiger partial charge in [-0.3, -0.25) is 0 Å². The Hall–Kier alpha value is -0.110. The van der Waals surface area contributed by atoms with Gasteiger partial charge in [-0.25, -0.2) is 8.42 Å². The number of sulfonamides is 1. The second-order valence-corrected chi connectivity index (χ2v) is 10.1. The van der Waals surface area contributed by atoms with Gasteiger partial charge in [-0.2, -0.15) is 4.31 Å². The molecule has 8 heteroatoms. The number of hydrogen-bond acceptors (Lipinski definition) is 3. The minimum absolute atomic E-state index is 0.206. The average Bonchev–Trinajstić information content (AvgIpc) is 2.68. The maximum absolute atomic E-state index is 12.5. The van der Waals surface area contributed by atoms with Crippen LogP contribution in [0.15, 0.2) is 32.3 Å². The highest BCUT2D eigenvalue weighted by Gasteiger charge is 2.24. The molecule has 0 radical (unpaired) electrons. The van der Waals surface area contributed by atoms with Crippen molar-refractivity contribution in [1.29, 1.82) is 0 Å². The Kier molecular flexibility index (Phi) is 5.39. The molecule has 0 atom stereocenters. The fraction of sp³-hybridized carbons (Fsp3) is 0.231. The van der Waals surface area contributed by atoms with Crippen LogP contribution in [0.25, 0.3) is 0 Å². The second kappa shape index (κ2) is 6.56. The van der Waals surface area contributed by atoms with Crippen LogP contribution in [0, 0.1) is 6.92 Å². The molecule has 21 heavy (non-hydrogen) atoms. The number of rotatable bonds is 4. The van der Waals surface area contributed by atoms with Gasteiger partial charge in [-0.1, -0.05) is 23.2 Å². The van der Waals surface area contributed by atoms with Crippen molar-refractivity contribution < 1.29 is 8.42 Å². The molecule has 0 aliphatic heterocycles. The summed E-state index contributed by atoms with van der Waals surface area (Å²) in [6.07, 6.45) is 0. The molecule has 3 nitrogen and oxygen atoms in total. The van der Waals surface area contributed by atoms with Crippen molar-refractivity contribution in [3.8, 4) is 0 Å². The summed E-state index contributed by atoms with van der Waals surface area (Å²) < 4.78 is 27.5. The van der Waals surface area contributed by atoms with Crippen LogP contribution >= 0.6 is 50.5 Å². The van der Waals surface area contributed by atoms with Gasteiger partial charge in [-0.15, -0.1) is 11.3 Å². The number of aryl methyl sites for hydroxylation is 1. The summed E-state index contributed by atoms with van der Waals surface area (Å²) in [4.78, 5) is 0. The Labute approximate surface area is 146 Å². The van der Waals surface area contributed by atoms with Crippen LogP contribution in [0.4, 0.5) is 0 Å². The van der Waals surface area contributed by atoms with Gasteiger partial charge in [0.25, 0.3) is 10.0 Å². The van der Waals surface area contributed by atoms with Gasteiger partial charge < -0.3 is 0 Å². The zero-order valence-electron chi connectivity index (χ0n) is 11.2. The minimum atomic E-state index is -3.53. The van der Waals surface area contributed by atoms with Gasteiger partial charge in [0, 0.05) is 23.6 Å². The average molecular weight is 429 g/mol. The Balaban J connectivity index is 2.28. The number of halogens is 3. The van der Waals surface area contributed by atoms with Crippen molar-refractivity contribution in [2.75, 3.05) is 7.05 Å². The molecule has 1 heterocycles. The molecule has 2 aromatic rings. The lowest BCUT2D eigenvalue weighted by molar-refractivity contribution is 0.468. The Morgan fingerprint density at radius 1 is 1.19 bits per heavy atom. The zero-order chi connectivity index (χ0) is 15.8. The molecule has 0 spiro atoms. The first kappa shape index (κ1) is 17.2. The largest absolute Gasteiger partial charge is 0.252 e. The molecule has 0 saturated heterocycles. The Morgan fingerprint density at radius 3 is 2.24 bits per heavy atom. The minimum Gasteiger partial charge on any atom is -0.206 e. The molecule has 0 N–H and O–H groups in total. The maximum atomic E-state index is 12.5. The first-order chi connectivity index (χ1) is 9.70. The quantitative estimate of drug-likeness (QED) is 0.690. The third kappa shape index (κ3) is 4.00. The molecular weight excluding hydrogens is 417 g/mol. The van der Waals surface area contributed by atoms with E-state index in [2.05, 4.69) is 15.9 Å². The first-order valence-electron chi connectivity index (χ1n) is 5.87. The highest BCUT2D eigenvalue weighted by molar-refractivity contribution is 9.11. The summed E-state index contributed by atoms with van der Waals surface area (Å²) in [7, 11) is -1.99. The normalized spacial score (nSPS) is 12.1. The second-order valence-electron chi connectivity index (χ2n) is 4.56. The number of hydrogen-bond donors (Lipinski definition) is 0. The van der Waals surface area contributed by atoms with Crippen LogP contribution in [0.1, 0.15) is 11.1 Å². The Bertz CT molecular complexity index is 735. The van der Waals surface area contributed by atoms with Crippen molar-refractivity contribution in [3.05, 3.63) is 49.2 Å². The van der Waals surface area contributed by atoms with Crippen LogP contribution in [0.5, 0.6) is 0 Å². The van der Waals surface area contributed by atoms with Crippen LogP contribution < -0.4 is 0 Å². The van der Waals surface area contributed by atoms with E-state index in [1.807, 2.05) is 6.92 Å². The molecule has 0 fully saturated rings. The Morgan fingerprint density at radius 2 is 1.76 bits per heavy atom. The molecule has 1 aromatic heterocycles. The van der Waals surface area contributed by atoms with Crippen LogP contribution in [0.2, 0.25) is 10.0 Å². The predicted molar refractivity (Wildman–Crippen MR) is 91.9 cm³/mol. The molecule has 0 saturated carbocycles. The van der Waals surface area contributed by atoms with E-state index >= 15 is 0 Å². The highest BCUT2D eigenvalue weighted by Crippen LogP contribution is 2.32. The van der Waals surface area contributed by atoms with Gasteiger partial charge in [-0.05, 0) is 58.2 Å². The SMILES string of the molecule is Cc1cc(S(=O)(=O)N(C)Cc2cc(Cl)cc(Cl)c2)sc1Br. The highest BCUT2D eigenvalue weighted by atomic mass is 79.9. The monoisotopic (exact) mass is 427 g/mol. The van der Waals surface area contributed by atoms with Crippen molar-refractivity contribution in [2.45, 2.75) is 17.7 Å². The molecule has 114 valence electrons. The number of benzene rings is 1.